The molecule has 6 heteroatoms. The van der Waals surface area contributed by atoms with Crippen LogP contribution in [0.4, 0.5) is 4.39 Å². The molecule has 24 heavy (non-hydrogen) atoms. The van der Waals surface area contributed by atoms with Gasteiger partial charge >= 0.3 is 0 Å². The number of amides is 1. The zero-order valence-corrected chi connectivity index (χ0v) is 14.4. The average molecular weight is 348 g/mol. The van der Waals surface area contributed by atoms with E-state index in [1.165, 1.54) is 23.5 Å². The molecule has 0 spiro atoms. The highest BCUT2D eigenvalue weighted by atomic mass is 32.1. The van der Waals surface area contributed by atoms with Gasteiger partial charge in [-0.25, -0.2) is 9.37 Å². The number of hydrogen-bond acceptors (Lipinski definition) is 4. The maximum atomic E-state index is 13.0. The maximum Gasteiger partial charge on any atom is 0.263 e. The van der Waals surface area contributed by atoms with Gasteiger partial charge in [-0.05, 0) is 62.8 Å². The van der Waals surface area contributed by atoms with Crippen molar-refractivity contribution in [3.05, 3.63) is 40.7 Å². The van der Waals surface area contributed by atoms with Crippen molar-refractivity contribution in [1.82, 2.24) is 10.3 Å². The molecule has 1 aliphatic carbocycles. The summed E-state index contributed by atoms with van der Waals surface area (Å²) in [6, 6.07) is 6.30. The lowest BCUT2D eigenvalue weighted by molar-refractivity contribution is 0.0917. The van der Waals surface area contributed by atoms with Crippen molar-refractivity contribution in [2.45, 2.75) is 38.6 Å². The van der Waals surface area contributed by atoms with Gasteiger partial charge in [0.2, 0.25) is 0 Å². The molecule has 2 N–H and O–H groups in total. The first-order valence-electron chi connectivity index (χ1n) is 8.22. The van der Waals surface area contributed by atoms with Gasteiger partial charge in [-0.15, -0.1) is 11.3 Å². The molecular formula is C18H21FN2O2S. The summed E-state index contributed by atoms with van der Waals surface area (Å²) in [6.07, 6.45) is 3.70. The second-order valence-corrected chi connectivity index (χ2v) is 7.31. The molecule has 1 amide bonds. The second-order valence-electron chi connectivity index (χ2n) is 6.31. The van der Waals surface area contributed by atoms with Crippen molar-refractivity contribution >= 4 is 17.2 Å². The number of aliphatic hydroxyl groups excluding tert-OH is 1. The van der Waals surface area contributed by atoms with Gasteiger partial charge in [0.15, 0.2) is 0 Å². The summed E-state index contributed by atoms with van der Waals surface area (Å²) < 4.78 is 13.0. The zero-order chi connectivity index (χ0) is 17.1. The van der Waals surface area contributed by atoms with E-state index in [1.807, 2.05) is 6.92 Å². The maximum absolute atomic E-state index is 13.0. The van der Waals surface area contributed by atoms with Gasteiger partial charge in [0, 0.05) is 18.2 Å². The first-order chi connectivity index (χ1) is 11.6. The number of aliphatic hydroxyl groups is 1. The van der Waals surface area contributed by atoms with Crippen molar-refractivity contribution in [3.63, 3.8) is 0 Å². The normalized spacial score (nSPS) is 20.8. The van der Waals surface area contributed by atoms with Crippen LogP contribution in [0, 0.1) is 18.7 Å². The fraction of sp³-hybridized carbons (Fsp3) is 0.444. The van der Waals surface area contributed by atoms with E-state index < -0.39 is 0 Å². The Morgan fingerprint density at radius 1 is 1.29 bits per heavy atom. The lowest BCUT2D eigenvalue weighted by atomic mass is 9.86. The minimum Gasteiger partial charge on any atom is -0.396 e. The van der Waals surface area contributed by atoms with Gasteiger partial charge in [-0.1, -0.05) is 0 Å². The number of nitrogens with zero attached hydrogens (tertiary/aromatic N) is 1. The Balaban J connectivity index is 1.68. The van der Waals surface area contributed by atoms with Crippen LogP contribution in [-0.4, -0.2) is 28.6 Å². The molecule has 1 aromatic carbocycles. The topological polar surface area (TPSA) is 62.2 Å². The molecule has 1 aromatic heterocycles. The third-order valence-corrected chi connectivity index (χ3v) is 5.74. The minimum absolute atomic E-state index is 0.0918. The van der Waals surface area contributed by atoms with Crippen LogP contribution in [0.1, 0.15) is 41.0 Å². The van der Waals surface area contributed by atoms with E-state index in [1.54, 1.807) is 12.1 Å². The molecule has 128 valence electrons. The van der Waals surface area contributed by atoms with Crippen LogP contribution < -0.4 is 5.32 Å². The van der Waals surface area contributed by atoms with Gasteiger partial charge in [0.05, 0.1) is 5.69 Å². The van der Waals surface area contributed by atoms with Crippen LogP contribution in [0.25, 0.3) is 10.6 Å². The van der Waals surface area contributed by atoms with Crippen LogP contribution in [0.5, 0.6) is 0 Å². The van der Waals surface area contributed by atoms with E-state index in [9.17, 15) is 14.3 Å². The van der Waals surface area contributed by atoms with E-state index in [4.69, 9.17) is 0 Å². The average Bonchev–Trinajstić information content (AvgIpc) is 2.98. The first kappa shape index (κ1) is 17.0. The largest absolute Gasteiger partial charge is 0.396 e. The SMILES string of the molecule is Cc1nc(-c2ccc(F)cc2)sc1C(=O)NC1CCC(CO)CC1. The van der Waals surface area contributed by atoms with Crippen molar-refractivity contribution < 1.29 is 14.3 Å². The van der Waals surface area contributed by atoms with Gasteiger partial charge in [0.25, 0.3) is 5.91 Å². The quantitative estimate of drug-likeness (QED) is 0.888. The van der Waals surface area contributed by atoms with Crippen molar-refractivity contribution in [1.29, 1.82) is 0 Å². The molecule has 0 unspecified atom stereocenters. The Hall–Kier alpha value is -1.79. The standard InChI is InChI=1S/C18H21FN2O2S/c1-11-16(17(23)21-15-8-2-12(10-22)3-9-15)24-18(20-11)13-4-6-14(19)7-5-13/h4-7,12,15,22H,2-3,8-10H2,1H3,(H,21,23). The predicted molar refractivity (Wildman–Crippen MR) is 92.5 cm³/mol. The fourth-order valence-electron chi connectivity index (χ4n) is 3.06. The number of carbonyl (C=O) groups is 1. The minimum atomic E-state index is -0.288. The smallest absolute Gasteiger partial charge is 0.263 e. The molecule has 1 aliphatic rings. The Morgan fingerprint density at radius 2 is 1.96 bits per heavy atom. The molecule has 0 saturated heterocycles. The van der Waals surface area contributed by atoms with E-state index in [2.05, 4.69) is 10.3 Å². The van der Waals surface area contributed by atoms with Crippen LogP contribution in [-0.2, 0) is 0 Å². The van der Waals surface area contributed by atoms with Crippen molar-refractivity contribution in [2.75, 3.05) is 6.61 Å². The van der Waals surface area contributed by atoms with Gasteiger partial charge < -0.3 is 10.4 Å². The third kappa shape index (κ3) is 3.82. The van der Waals surface area contributed by atoms with Crippen LogP contribution in [0.2, 0.25) is 0 Å². The van der Waals surface area contributed by atoms with E-state index in [-0.39, 0.29) is 24.4 Å². The monoisotopic (exact) mass is 348 g/mol. The molecule has 4 nitrogen and oxygen atoms in total. The Bertz CT molecular complexity index is 706. The molecular weight excluding hydrogens is 327 g/mol. The Morgan fingerprint density at radius 3 is 2.58 bits per heavy atom. The molecule has 0 bridgehead atoms. The van der Waals surface area contributed by atoms with Crippen LogP contribution >= 0.6 is 11.3 Å². The molecule has 1 saturated carbocycles. The molecule has 0 radical (unpaired) electrons. The Labute approximate surface area is 144 Å². The molecule has 0 atom stereocenters. The predicted octanol–water partition coefficient (Wildman–Crippen LogP) is 3.54. The number of aryl methyl sites for hydroxylation is 1. The summed E-state index contributed by atoms with van der Waals surface area (Å²) in [7, 11) is 0. The lowest BCUT2D eigenvalue weighted by Crippen LogP contribution is -2.38. The van der Waals surface area contributed by atoms with Gasteiger partial charge in [0.1, 0.15) is 15.7 Å². The number of halogens is 1. The number of rotatable bonds is 4. The van der Waals surface area contributed by atoms with Crippen molar-refractivity contribution in [3.8, 4) is 10.6 Å². The number of carbonyl (C=O) groups excluding carboxylic acids is 1. The van der Waals surface area contributed by atoms with Gasteiger partial charge in [-0.2, -0.15) is 0 Å². The summed E-state index contributed by atoms with van der Waals surface area (Å²) >= 11 is 1.33. The number of thiazole rings is 1. The van der Waals surface area contributed by atoms with Crippen LogP contribution in [0.15, 0.2) is 24.3 Å². The number of hydrogen-bond donors (Lipinski definition) is 2. The summed E-state index contributed by atoms with van der Waals surface area (Å²) in [5.41, 5.74) is 1.51. The summed E-state index contributed by atoms with van der Waals surface area (Å²) in [4.78, 5) is 17.6. The highest BCUT2D eigenvalue weighted by Gasteiger charge is 2.24. The molecule has 3 rings (SSSR count). The van der Waals surface area contributed by atoms with Crippen LogP contribution in [0.3, 0.4) is 0 Å². The summed E-state index contributed by atoms with van der Waals surface area (Å²) in [6.45, 7) is 2.05. The number of aromatic nitrogens is 1. The third-order valence-electron chi connectivity index (χ3n) is 4.53. The zero-order valence-electron chi connectivity index (χ0n) is 13.6. The van der Waals surface area contributed by atoms with Gasteiger partial charge in [-0.3, -0.25) is 4.79 Å². The number of benzene rings is 1. The highest BCUT2D eigenvalue weighted by molar-refractivity contribution is 7.17. The summed E-state index contributed by atoms with van der Waals surface area (Å²) in [5.74, 6) is -0.0114. The Kier molecular flexibility index (Phi) is 5.26. The lowest BCUT2D eigenvalue weighted by Gasteiger charge is -2.27. The molecule has 1 fully saturated rings. The molecule has 0 aliphatic heterocycles. The van der Waals surface area contributed by atoms with Crippen molar-refractivity contribution in [2.24, 2.45) is 5.92 Å². The molecule has 2 aromatic rings. The first-order valence-corrected chi connectivity index (χ1v) is 9.03. The highest BCUT2D eigenvalue weighted by Crippen LogP contribution is 2.29. The fourth-order valence-corrected chi connectivity index (χ4v) is 4.04. The molecule has 1 heterocycles. The van der Waals surface area contributed by atoms with E-state index >= 15 is 0 Å². The van der Waals surface area contributed by atoms with E-state index in [0.29, 0.717) is 16.5 Å². The number of nitrogens with one attached hydrogen (secondary N) is 1. The second kappa shape index (κ2) is 7.40. The summed E-state index contributed by atoms with van der Waals surface area (Å²) in [5, 5.41) is 13.0. The van der Waals surface area contributed by atoms with E-state index in [0.717, 1.165) is 36.3 Å².